The fourth-order valence-electron chi connectivity index (χ4n) is 2.25. The highest BCUT2D eigenvalue weighted by atomic mass is 35.5. The van der Waals surface area contributed by atoms with E-state index < -0.39 is 11.0 Å². The first-order valence-corrected chi connectivity index (χ1v) is 11.1. The Hall–Kier alpha value is -2.54. The zero-order chi connectivity index (χ0) is 21.9. The van der Waals surface area contributed by atoms with Gasteiger partial charge in [-0.1, -0.05) is 23.7 Å². The summed E-state index contributed by atoms with van der Waals surface area (Å²) in [6.07, 6.45) is -0.00425. The maximum absolute atomic E-state index is 10.8. The van der Waals surface area contributed by atoms with Gasteiger partial charge >= 0.3 is 0 Å². The SMILES string of the molecule is N=C(N)Nc1nc(CSCCNC(=C[N+](=O)[O-])NCC(O)c2ccc(Cl)cc2)cs1. The number of guanidine groups is 1. The topological polar surface area (TPSA) is 162 Å². The van der Waals surface area contributed by atoms with Crippen molar-refractivity contribution in [2.45, 2.75) is 11.9 Å². The molecule has 0 saturated heterocycles. The second-order valence-electron chi connectivity index (χ2n) is 5.94. The molecule has 0 amide bonds. The predicted octanol–water partition coefficient (Wildman–Crippen LogP) is 2.32. The summed E-state index contributed by atoms with van der Waals surface area (Å²) in [5, 5.41) is 39.7. The number of aromatic nitrogens is 1. The van der Waals surface area contributed by atoms with Crippen molar-refractivity contribution in [3.05, 3.63) is 68.1 Å². The van der Waals surface area contributed by atoms with Gasteiger partial charge in [0, 0.05) is 35.0 Å². The van der Waals surface area contributed by atoms with Crippen LogP contribution in [0, 0.1) is 15.5 Å². The third-order valence-corrected chi connectivity index (χ3v) is 5.63. The molecule has 0 radical (unpaired) electrons. The fraction of sp³-hybridized carbons (Fsp3) is 0.294. The van der Waals surface area contributed by atoms with Gasteiger partial charge in [-0.05, 0) is 17.7 Å². The van der Waals surface area contributed by atoms with Gasteiger partial charge in [0.05, 0.1) is 16.7 Å². The van der Waals surface area contributed by atoms with Crippen molar-refractivity contribution in [1.29, 1.82) is 5.41 Å². The lowest BCUT2D eigenvalue weighted by Gasteiger charge is -2.15. The number of nitrogens with one attached hydrogen (secondary N) is 4. The Bertz CT molecular complexity index is 876. The number of thiazole rings is 1. The summed E-state index contributed by atoms with van der Waals surface area (Å²) in [7, 11) is 0. The number of anilines is 1. The van der Waals surface area contributed by atoms with E-state index in [1.54, 1.807) is 36.0 Å². The second-order valence-corrected chi connectivity index (χ2v) is 8.34. The molecule has 1 atom stereocenters. The maximum atomic E-state index is 10.8. The van der Waals surface area contributed by atoms with Gasteiger partial charge < -0.3 is 26.8 Å². The van der Waals surface area contributed by atoms with Crippen molar-refractivity contribution >= 4 is 45.8 Å². The first-order valence-electron chi connectivity index (χ1n) is 8.73. The Labute approximate surface area is 186 Å². The van der Waals surface area contributed by atoms with Crippen LogP contribution in [0.3, 0.4) is 0 Å². The van der Waals surface area contributed by atoms with Crippen molar-refractivity contribution in [1.82, 2.24) is 15.6 Å². The molecule has 7 N–H and O–H groups in total. The highest BCUT2D eigenvalue weighted by Crippen LogP contribution is 2.19. The van der Waals surface area contributed by atoms with Gasteiger partial charge in [0.15, 0.2) is 16.9 Å². The molecule has 162 valence electrons. The molecule has 1 aromatic heterocycles. The van der Waals surface area contributed by atoms with Gasteiger partial charge in [-0.15, -0.1) is 11.3 Å². The van der Waals surface area contributed by atoms with Crippen LogP contribution in [0.5, 0.6) is 0 Å². The largest absolute Gasteiger partial charge is 0.387 e. The van der Waals surface area contributed by atoms with Crippen LogP contribution in [-0.2, 0) is 5.75 Å². The molecule has 0 aliphatic heterocycles. The molecule has 0 spiro atoms. The molecule has 1 aromatic carbocycles. The minimum atomic E-state index is -0.837. The lowest BCUT2D eigenvalue weighted by atomic mass is 10.1. The third kappa shape index (κ3) is 8.86. The number of nitrogens with zero attached hydrogens (tertiary/aromatic N) is 2. The normalized spacial score (nSPS) is 12.3. The molecule has 30 heavy (non-hydrogen) atoms. The quantitative estimate of drug-likeness (QED) is 0.0896. The molecule has 0 bridgehead atoms. The number of thioether (sulfide) groups is 1. The number of hydrogen-bond acceptors (Lipinski definition) is 9. The molecule has 0 aliphatic carbocycles. The Balaban J connectivity index is 1.74. The van der Waals surface area contributed by atoms with Crippen molar-refractivity contribution in [2.24, 2.45) is 5.73 Å². The predicted molar refractivity (Wildman–Crippen MR) is 121 cm³/mol. The molecular formula is C17H22ClN7O3S2. The van der Waals surface area contributed by atoms with Crippen LogP contribution in [0.15, 0.2) is 41.7 Å². The zero-order valence-corrected chi connectivity index (χ0v) is 18.2. The molecule has 10 nitrogen and oxygen atoms in total. The van der Waals surface area contributed by atoms with E-state index in [4.69, 9.17) is 22.7 Å². The van der Waals surface area contributed by atoms with Crippen LogP contribution in [0.25, 0.3) is 0 Å². The summed E-state index contributed by atoms with van der Waals surface area (Å²) in [6, 6.07) is 6.74. The number of nitrogens with two attached hydrogens (primary N) is 1. The molecule has 0 saturated carbocycles. The Morgan fingerprint density at radius 1 is 1.43 bits per heavy atom. The highest BCUT2D eigenvalue weighted by molar-refractivity contribution is 7.98. The van der Waals surface area contributed by atoms with Gasteiger partial charge in [-0.3, -0.25) is 15.5 Å². The number of hydrogen-bond donors (Lipinski definition) is 6. The Kier molecular flexibility index (Phi) is 9.67. The van der Waals surface area contributed by atoms with Crippen LogP contribution in [0.4, 0.5) is 5.13 Å². The zero-order valence-electron chi connectivity index (χ0n) is 15.8. The van der Waals surface area contributed by atoms with Crippen LogP contribution < -0.4 is 21.7 Å². The number of aliphatic hydroxyl groups excluding tert-OH is 1. The molecule has 2 aromatic rings. The smallest absolute Gasteiger partial charge is 0.274 e. The number of benzene rings is 1. The van der Waals surface area contributed by atoms with E-state index >= 15 is 0 Å². The van der Waals surface area contributed by atoms with Crippen molar-refractivity contribution in [3.63, 3.8) is 0 Å². The van der Waals surface area contributed by atoms with Crippen LogP contribution >= 0.6 is 34.7 Å². The number of rotatable bonds is 12. The molecule has 0 fully saturated rings. The van der Waals surface area contributed by atoms with Gasteiger partial charge in [-0.25, -0.2) is 4.98 Å². The molecule has 13 heteroatoms. The van der Waals surface area contributed by atoms with E-state index in [0.717, 1.165) is 11.9 Å². The summed E-state index contributed by atoms with van der Waals surface area (Å²) in [5.74, 6) is 1.40. The van der Waals surface area contributed by atoms with Gasteiger partial charge in [0.1, 0.15) is 0 Å². The number of halogens is 1. The number of nitro groups is 1. The monoisotopic (exact) mass is 471 g/mol. The van der Waals surface area contributed by atoms with Gasteiger partial charge in [0.25, 0.3) is 6.20 Å². The standard InChI is InChI=1S/C17H22ClN7O3S2/c18-12-3-1-11(2-4-12)14(26)7-22-15(8-25(27)28)21-5-6-29-9-13-10-30-17(23-13)24-16(19)20/h1-4,8,10,14,21-22,26H,5-7,9H2,(H4,19,20,23,24). The van der Waals surface area contributed by atoms with Crippen LogP contribution in [-0.4, -0.2) is 39.8 Å². The van der Waals surface area contributed by atoms with E-state index in [2.05, 4.69) is 20.9 Å². The van der Waals surface area contributed by atoms with Gasteiger partial charge in [-0.2, -0.15) is 11.8 Å². The summed E-state index contributed by atoms with van der Waals surface area (Å²) >= 11 is 8.80. The van der Waals surface area contributed by atoms with E-state index in [0.29, 0.717) is 33.8 Å². The third-order valence-electron chi connectivity index (χ3n) is 3.58. The first kappa shape index (κ1) is 23.7. The number of aliphatic hydroxyl groups is 1. The lowest BCUT2D eigenvalue weighted by molar-refractivity contribution is -0.404. The van der Waals surface area contributed by atoms with Crippen molar-refractivity contribution in [3.8, 4) is 0 Å². The maximum Gasteiger partial charge on any atom is 0.274 e. The summed E-state index contributed by atoms with van der Waals surface area (Å²) in [6.45, 7) is 0.587. The van der Waals surface area contributed by atoms with E-state index in [9.17, 15) is 15.2 Å². The van der Waals surface area contributed by atoms with Crippen LogP contribution in [0.2, 0.25) is 5.02 Å². The molecule has 0 aliphatic rings. The summed E-state index contributed by atoms with van der Waals surface area (Å²) < 4.78 is 0. The van der Waals surface area contributed by atoms with E-state index in [1.165, 1.54) is 11.3 Å². The Morgan fingerprint density at radius 2 is 2.17 bits per heavy atom. The molecular weight excluding hydrogens is 450 g/mol. The van der Waals surface area contributed by atoms with Crippen molar-refractivity contribution in [2.75, 3.05) is 24.2 Å². The molecule has 1 heterocycles. The average Bonchev–Trinajstić information content (AvgIpc) is 3.12. The molecule has 1 unspecified atom stereocenters. The van der Waals surface area contributed by atoms with E-state index in [1.807, 2.05) is 5.38 Å². The minimum Gasteiger partial charge on any atom is -0.387 e. The second kappa shape index (κ2) is 12.2. The lowest BCUT2D eigenvalue weighted by Crippen LogP contribution is -2.31. The highest BCUT2D eigenvalue weighted by Gasteiger charge is 2.10. The summed E-state index contributed by atoms with van der Waals surface area (Å²) in [5.41, 5.74) is 6.78. The van der Waals surface area contributed by atoms with Crippen molar-refractivity contribution < 1.29 is 10.0 Å². The Morgan fingerprint density at radius 3 is 2.83 bits per heavy atom. The first-order chi connectivity index (χ1) is 14.3. The average molecular weight is 472 g/mol. The summed E-state index contributed by atoms with van der Waals surface area (Å²) in [4.78, 5) is 14.6. The van der Waals surface area contributed by atoms with Gasteiger partial charge in [0.2, 0.25) is 0 Å². The van der Waals surface area contributed by atoms with E-state index in [-0.39, 0.29) is 18.3 Å². The van der Waals surface area contributed by atoms with Crippen LogP contribution in [0.1, 0.15) is 17.4 Å². The minimum absolute atomic E-state index is 0.103. The fourth-order valence-corrected chi connectivity index (χ4v) is 3.95. The molecule has 2 rings (SSSR count).